The molecule has 0 bridgehead atoms. The Kier molecular flexibility index (Phi) is 30.6. The van der Waals surface area contributed by atoms with Gasteiger partial charge in [0.15, 0.2) is 12.3 Å². The molecule has 0 saturated carbocycles. The molecule has 17 heteroatoms. The zero-order valence-electron chi connectivity index (χ0n) is 38.0. The molecule has 1 aliphatic rings. The highest BCUT2D eigenvalue weighted by Crippen LogP contribution is 2.44. The van der Waals surface area contributed by atoms with E-state index in [1.165, 1.54) is 77.0 Å². The second-order valence-electron chi connectivity index (χ2n) is 16.5. The Labute approximate surface area is 373 Å². The van der Waals surface area contributed by atoms with E-state index in [-0.39, 0.29) is 12.8 Å². The van der Waals surface area contributed by atoms with Crippen LogP contribution in [0.15, 0.2) is 40.1 Å². The van der Waals surface area contributed by atoms with Crippen molar-refractivity contribution >= 4 is 19.8 Å². The predicted octanol–water partition coefficient (Wildman–Crippen LogP) is 9.18. The van der Waals surface area contributed by atoms with Gasteiger partial charge >= 0.3 is 25.5 Å². The molecule has 1 saturated heterocycles. The van der Waals surface area contributed by atoms with Crippen LogP contribution in [0.4, 0.5) is 4.39 Å². The SMILES string of the molecule is CCCCC/C=C/C/C=C/CCCCCCCC(=O)OC(COC(=O)CCCCCCCCCCCCCCC)COP(=O)(O)OCC1OC(n2cc(F)c(=O)[nH]c2=O)C(O)C1O. The van der Waals surface area contributed by atoms with Gasteiger partial charge in [-0.25, -0.2) is 9.36 Å². The maximum Gasteiger partial charge on any atom is 0.472 e. The number of esters is 2. The van der Waals surface area contributed by atoms with Crippen molar-refractivity contribution < 1.29 is 56.9 Å². The molecule has 1 aromatic rings. The number of phosphoric ester groups is 1. The maximum absolute atomic E-state index is 13.9. The van der Waals surface area contributed by atoms with Crippen LogP contribution in [-0.2, 0) is 37.4 Å². The molecule has 6 unspecified atom stereocenters. The molecule has 2 heterocycles. The maximum atomic E-state index is 13.9. The van der Waals surface area contributed by atoms with E-state index in [1.807, 2.05) is 0 Å². The molecule has 0 spiro atoms. The Morgan fingerprint density at radius 2 is 1.25 bits per heavy atom. The first kappa shape index (κ1) is 56.2. The third-order valence-corrected chi connectivity index (χ3v) is 11.9. The fraction of sp³-hybridized carbons (Fsp3) is 0.783. The second-order valence-corrected chi connectivity index (χ2v) is 18.0. The van der Waals surface area contributed by atoms with E-state index in [0.29, 0.717) is 23.6 Å². The lowest BCUT2D eigenvalue weighted by Crippen LogP contribution is -2.38. The van der Waals surface area contributed by atoms with E-state index in [4.69, 9.17) is 23.3 Å². The third-order valence-electron chi connectivity index (χ3n) is 10.9. The first-order chi connectivity index (χ1) is 30.4. The second kappa shape index (κ2) is 34.4. The summed E-state index contributed by atoms with van der Waals surface area (Å²) in [5.74, 6) is -2.44. The molecule has 63 heavy (non-hydrogen) atoms. The molecule has 1 aliphatic heterocycles. The van der Waals surface area contributed by atoms with Crippen LogP contribution >= 0.6 is 7.82 Å². The van der Waals surface area contributed by atoms with Gasteiger partial charge in [-0.15, -0.1) is 0 Å². The highest BCUT2D eigenvalue weighted by molar-refractivity contribution is 7.47. The topological polar surface area (TPSA) is 213 Å². The van der Waals surface area contributed by atoms with E-state index in [1.54, 1.807) is 4.98 Å². The summed E-state index contributed by atoms with van der Waals surface area (Å²) in [6, 6.07) is 0. The summed E-state index contributed by atoms with van der Waals surface area (Å²) >= 11 is 0. The molecule has 0 aromatic carbocycles. The van der Waals surface area contributed by atoms with Crippen molar-refractivity contribution in [3.63, 3.8) is 0 Å². The number of nitrogens with zero attached hydrogens (tertiary/aromatic N) is 1. The summed E-state index contributed by atoms with van der Waals surface area (Å²) in [5.41, 5.74) is -2.42. The highest BCUT2D eigenvalue weighted by atomic mass is 31.2. The summed E-state index contributed by atoms with van der Waals surface area (Å²) < 4.78 is 53.6. The summed E-state index contributed by atoms with van der Waals surface area (Å²) in [5, 5.41) is 20.9. The lowest BCUT2D eigenvalue weighted by Gasteiger charge is -2.21. The number of unbranched alkanes of at least 4 members (excludes halogenated alkanes) is 20. The van der Waals surface area contributed by atoms with Crippen molar-refractivity contribution in [2.45, 2.75) is 211 Å². The number of rotatable bonds is 38. The van der Waals surface area contributed by atoms with E-state index < -0.39 is 87.3 Å². The minimum atomic E-state index is -4.94. The van der Waals surface area contributed by atoms with Crippen molar-refractivity contribution in [3.8, 4) is 0 Å². The summed E-state index contributed by atoms with van der Waals surface area (Å²) in [4.78, 5) is 61.1. The predicted molar refractivity (Wildman–Crippen MR) is 239 cm³/mol. The van der Waals surface area contributed by atoms with Gasteiger partial charge < -0.3 is 29.3 Å². The van der Waals surface area contributed by atoms with Crippen LogP contribution in [0, 0.1) is 5.82 Å². The largest absolute Gasteiger partial charge is 0.472 e. The van der Waals surface area contributed by atoms with Crippen LogP contribution < -0.4 is 11.2 Å². The number of hydrogen-bond donors (Lipinski definition) is 4. The van der Waals surface area contributed by atoms with Gasteiger partial charge in [0.1, 0.15) is 24.9 Å². The molecular formula is C46H78FN2O13P. The molecule has 2 rings (SSSR count). The average Bonchev–Trinajstić information content (AvgIpc) is 3.54. The Bertz CT molecular complexity index is 1620. The van der Waals surface area contributed by atoms with E-state index in [2.05, 4.69) is 38.2 Å². The third kappa shape index (κ3) is 25.9. The minimum absolute atomic E-state index is 0.0872. The first-order valence-electron chi connectivity index (χ1n) is 23.7. The summed E-state index contributed by atoms with van der Waals surface area (Å²) in [6.45, 7) is 2.49. The van der Waals surface area contributed by atoms with E-state index >= 15 is 0 Å². The van der Waals surface area contributed by atoms with Crippen molar-refractivity contribution in [3.05, 3.63) is 57.2 Å². The average molecular weight is 917 g/mol. The van der Waals surface area contributed by atoms with E-state index in [9.17, 15) is 43.2 Å². The van der Waals surface area contributed by atoms with Crippen LogP contribution in [0.2, 0.25) is 0 Å². The first-order valence-corrected chi connectivity index (χ1v) is 25.2. The van der Waals surface area contributed by atoms with Crippen LogP contribution in [0.3, 0.4) is 0 Å². The molecule has 0 amide bonds. The lowest BCUT2D eigenvalue weighted by molar-refractivity contribution is -0.161. The number of phosphoric acid groups is 1. The number of nitrogens with one attached hydrogen (secondary N) is 1. The standard InChI is InChI=1S/C46H78FN2O13P/c1-3-5-7-9-11-13-15-17-18-20-22-24-26-28-30-32-41(51)61-37(34-58-40(50)31-29-27-25-23-21-19-16-14-12-10-8-6-4-2)35-59-63(56,57)60-36-39-42(52)43(53)45(62-39)49-33-38(47)44(54)48-46(49)55/h11,13,17-18,33,37,39,42-43,45,52-53H,3-10,12,14-16,19-32,34-36H2,1-2H3,(H,56,57)(H,48,54,55)/b13-11+,18-17+. The Morgan fingerprint density at radius 3 is 1.84 bits per heavy atom. The van der Waals surface area contributed by atoms with Crippen molar-refractivity contribution in [2.75, 3.05) is 19.8 Å². The normalized spacial score (nSPS) is 19.2. The number of aromatic nitrogens is 2. The quantitative estimate of drug-likeness (QED) is 0.0211. The number of carbonyl (C=O) groups is 2. The monoisotopic (exact) mass is 917 g/mol. The fourth-order valence-corrected chi connectivity index (χ4v) is 7.88. The number of ether oxygens (including phenoxy) is 3. The Morgan fingerprint density at radius 1 is 0.746 bits per heavy atom. The number of aliphatic hydroxyl groups is 2. The molecule has 6 atom stereocenters. The molecule has 1 aromatic heterocycles. The number of halogens is 1. The number of aliphatic hydroxyl groups excluding tert-OH is 2. The van der Waals surface area contributed by atoms with Gasteiger partial charge in [0.25, 0.3) is 5.56 Å². The Balaban J connectivity index is 1.80. The Hall–Kier alpha value is -2.98. The van der Waals surface area contributed by atoms with Gasteiger partial charge in [-0.2, -0.15) is 4.39 Å². The van der Waals surface area contributed by atoms with Gasteiger partial charge in [0.2, 0.25) is 5.82 Å². The van der Waals surface area contributed by atoms with Crippen molar-refractivity contribution in [1.82, 2.24) is 9.55 Å². The van der Waals surface area contributed by atoms with Crippen molar-refractivity contribution in [2.24, 2.45) is 0 Å². The van der Waals surface area contributed by atoms with Crippen LogP contribution in [0.25, 0.3) is 0 Å². The summed E-state index contributed by atoms with van der Waals surface area (Å²) in [7, 11) is -4.94. The number of H-pyrrole nitrogens is 1. The number of aromatic amines is 1. The smallest absolute Gasteiger partial charge is 0.462 e. The highest BCUT2D eigenvalue weighted by Gasteiger charge is 2.45. The van der Waals surface area contributed by atoms with Crippen LogP contribution in [0.1, 0.15) is 187 Å². The molecule has 1 fully saturated rings. The molecule has 0 radical (unpaired) electrons. The molecule has 4 N–H and O–H groups in total. The van der Waals surface area contributed by atoms with Gasteiger partial charge in [-0.05, 0) is 44.9 Å². The number of carbonyl (C=O) groups excluding carboxylic acids is 2. The van der Waals surface area contributed by atoms with Gasteiger partial charge in [-0.1, -0.05) is 147 Å². The molecule has 362 valence electrons. The van der Waals surface area contributed by atoms with Crippen LogP contribution in [0.5, 0.6) is 0 Å². The number of allylic oxidation sites excluding steroid dienone is 4. The molecule has 0 aliphatic carbocycles. The fourth-order valence-electron chi connectivity index (χ4n) is 7.12. The van der Waals surface area contributed by atoms with E-state index in [0.717, 1.165) is 64.2 Å². The lowest BCUT2D eigenvalue weighted by atomic mass is 10.0. The van der Waals surface area contributed by atoms with Crippen molar-refractivity contribution in [1.29, 1.82) is 0 Å². The van der Waals surface area contributed by atoms with Gasteiger partial charge in [0.05, 0.1) is 19.4 Å². The van der Waals surface area contributed by atoms with Crippen LogP contribution in [-0.4, -0.2) is 80.8 Å². The number of hydrogen-bond acceptors (Lipinski definition) is 12. The summed E-state index contributed by atoms with van der Waals surface area (Å²) in [6.07, 6.45) is 28.0. The minimum Gasteiger partial charge on any atom is -0.462 e. The van der Waals surface area contributed by atoms with Gasteiger partial charge in [0, 0.05) is 12.8 Å². The molecule has 15 nitrogen and oxygen atoms in total. The van der Waals surface area contributed by atoms with Gasteiger partial charge in [-0.3, -0.25) is 33.0 Å². The zero-order chi connectivity index (χ0) is 46.1. The molecular weight excluding hydrogens is 838 g/mol. The zero-order valence-corrected chi connectivity index (χ0v) is 38.9.